The van der Waals surface area contributed by atoms with E-state index in [1.165, 1.54) is 32.1 Å². The van der Waals surface area contributed by atoms with Crippen LogP contribution in [0.1, 0.15) is 37.9 Å². The number of benzene rings is 1. The molecule has 1 N–H and O–H groups in total. The summed E-state index contributed by atoms with van der Waals surface area (Å²) in [6.07, 6.45) is 7.32. The molecule has 0 amide bonds. The first kappa shape index (κ1) is 11.0. The summed E-state index contributed by atoms with van der Waals surface area (Å²) in [5, 5.41) is 18.4. The van der Waals surface area contributed by atoms with Gasteiger partial charge in [-0.15, -0.1) is 10.2 Å². The standard InChI is InChI=1S/C15H17N3O/c19-12-5-3-4-11(10-12)14-17-16-13-6-9-15(18(13)14)7-1-2-8-15/h3-5,10,19H,1-2,6-9H2. The average molecular weight is 255 g/mol. The number of nitrogens with zero attached hydrogens (tertiary/aromatic N) is 3. The predicted octanol–water partition coefficient (Wildman–Crippen LogP) is 2.87. The lowest BCUT2D eigenvalue weighted by Gasteiger charge is -2.27. The molecule has 4 heteroatoms. The van der Waals surface area contributed by atoms with Crippen LogP contribution in [0, 0.1) is 0 Å². The van der Waals surface area contributed by atoms with Crippen LogP contribution in [0.4, 0.5) is 0 Å². The number of aromatic nitrogens is 3. The van der Waals surface area contributed by atoms with Crippen LogP contribution in [0.3, 0.4) is 0 Å². The average Bonchev–Trinajstić information content (AvgIpc) is 3.11. The minimum atomic E-state index is 0.250. The third-order valence-corrected chi connectivity index (χ3v) is 4.66. The minimum Gasteiger partial charge on any atom is -0.508 e. The monoisotopic (exact) mass is 255 g/mol. The van der Waals surface area contributed by atoms with Crippen LogP contribution in [0.2, 0.25) is 0 Å². The van der Waals surface area contributed by atoms with Crippen molar-refractivity contribution >= 4 is 0 Å². The van der Waals surface area contributed by atoms with Gasteiger partial charge >= 0.3 is 0 Å². The van der Waals surface area contributed by atoms with Crippen molar-refractivity contribution in [3.8, 4) is 17.1 Å². The third-order valence-electron chi connectivity index (χ3n) is 4.66. The number of phenolic OH excluding ortho intramolecular Hbond substituents is 1. The first-order valence-electron chi connectivity index (χ1n) is 7.03. The van der Waals surface area contributed by atoms with Crippen LogP contribution >= 0.6 is 0 Å². The predicted molar refractivity (Wildman–Crippen MR) is 71.9 cm³/mol. The van der Waals surface area contributed by atoms with Gasteiger partial charge in [-0.05, 0) is 31.4 Å². The lowest BCUT2D eigenvalue weighted by atomic mass is 9.94. The van der Waals surface area contributed by atoms with Crippen LogP contribution in [0.15, 0.2) is 24.3 Å². The number of phenols is 1. The molecule has 0 bridgehead atoms. The topological polar surface area (TPSA) is 50.9 Å². The molecule has 1 spiro atoms. The smallest absolute Gasteiger partial charge is 0.164 e. The van der Waals surface area contributed by atoms with Gasteiger partial charge < -0.3 is 9.67 Å². The van der Waals surface area contributed by atoms with Crippen LogP contribution in [-0.2, 0) is 12.0 Å². The summed E-state index contributed by atoms with van der Waals surface area (Å²) >= 11 is 0. The second-order valence-electron chi connectivity index (χ2n) is 5.76. The van der Waals surface area contributed by atoms with Gasteiger partial charge in [0.1, 0.15) is 11.6 Å². The lowest BCUT2D eigenvalue weighted by molar-refractivity contribution is 0.312. The Morgan fingerprint density at radius 3 is 2.74 bits per heavy atom. The summed E-state index contributed by atoms with van der Waals surface area (Å²) in [5.74, 6) is 2.32. The highest BCUT2D eigenvalue weighted by Crippen LogP contribution is 2.46. The summed E-state index contributed by atoms with van der Waals surface area (Å²) in [6, 6.07) is 7.33. The van der Waals surface area contributed by atoms with Crippen molar-refractivity contribution in [1.82, 2.24) is 14.8 Å². The summed E-state index contributed by atoms with van der Waals surface area (Å²) in [7, 11) is 0. The second-order valence-corrected chi connectivity index (χ2v) is 5.76. The Morgan fingerprint density at radius 1 is 1.11 bits per heavy atom. The summed E-state index contributed by atoms with van der Waals surface area (Å²) in [5.41, 5.74) is 1.21. The second kappa shape index (κ2) is 3.83. The molecule has 2 aliphatic rings. The Bertz CT molecular complexity index is 626. The van der Waals surface area contributed by atoms with Crippen molar-refractivity contribution in [3.63, 3.8) is 0 Å². The van der Waals surface area contributed by atoms with Gasteiger partial charge in [0.05, 0.1) is 0 Å². The van der Waals surface area contributed by atoms with Crippen molar-refractivity contribution < 1.29 is 5.11 Å². The maximum absolute atomic E-state index is 9.66. The Kier molecular flexibility index (Phi) is 2.22. The van der Waals surface area contributed by atoms with E-state index in [0.29, 0.717) is 0 Å². The first-order valence-corrected chi connectivity index (χ1v) is 7.03. The molecule has 19 heavy (non-hydrogen) atoms. The van der Waals surface area contributed by atoms with Gasteiger partial charge in [0.25, 0.3) is 0 Å². The molecule has 1 aliphatic heterocycles. The number of rotatable bonds is 1. The zero-order chi connectivity index (χ0) is 12.9. The van der Waals surface area contributed by atoms with Gasteiger partial charge in [-0.25, -0.2) is 0 Å². The molecule has 1 fully saturated rings. The van der Waals surface area contributed by atoms with Gasteiger partial charge in [0.15, 0.2) is 5.82 Å². The molecule has 0 atom stereocenters. The number of aromatic hydroxyl groups is 1. The molecule has 0 unspecified atom stereocenters. The highest BCUT2D eigenvalue weighted by Gasteiger charge is 2.43. The van der Waals surface area contributed by atoms with Gasteiger partial charge in [0.2, 0.25) is 0 Å². The van der Waals surface area contributed by atoms with Crippen LogP contribution < -0.4 is 0 Å². The van der Waals surface area contributed by atoms with Crippen molar-refractivity contribution in [2.24, 2.45) is 0 Å². The molecule has 4 nitrogen and oxygen atoms in total. The summed E-state index contributed by atoms with van der Waals surface area (Å²) < 4.78 is 2.36. The molecule has 4 rings (SSSR count). The number of aryl methyl sites for hydroxylation is 1. The maximum atomic E-state index is 9.66. The number of hydrogen-bond acceptors (Lipinski definition) is 3. The molecule has 1 aliphatic carbocycles. The number of hydrogen-bond donors (Lipinski definition) is 1. The Hall–Kier alpha value is -1.84. The van der Waals surface area contributed by atoms with Gasteiger partial charge in [-0.3, -0.25) is 0 Å². The van der Waals surface area contributed by atoms with Gasteiger partial charge in [-0.2, -0.15) is 0 Å². The summed E-state index contributed by atoms with van der Waals surface area (Å²) in [4.78, 5) is 0. The van der Waals surface area contributed by atoms with E-state index in [1.54, 1.807) is 12.1 Å². The van der Waals surface area contributed by atoms with E-state index < -0.39 is 0 Å². The van der Waals surface area contributed by atoms with Crippen molar-refractivity contribution in [1.29, 1.82) is 0 Å². The fraction of sp³-hybridized carbons (Fsp3) is 0.467. The Morgan fingerprint density at radius 2 is 1.95 bits per heavy atom. The molecule has 0 radical (unpaired) electrons. The molecule has 1 aromatic heterocycles. The fourth-order valence-electron chi connectivity index (χ4n) is 3.77. The van der Waals surface area contributed by atoms with Crippen LogP contribution in [0.25, 0.3) is 11.4 Å². The Labute approximate surface area is 112 Å². The maximum Gasteiger partial charge on any atom is 0.164 e. The van der Waals surface area contributed by atoms with Gasteiger partial charge in [-0.1, -0.05) is 25.0 Å². The molecule has 0 saturated heterocycles. The molecule has 1 aromatic carbocycles. The first-order chi connectivity index (χ1) is 9.28. The van der Waals surface area contributed by atoms with E-state index in [-0.39, 0.29) is 11.3 Å². The highest BCUT2D eigenvalue weighted by molar-refractivity contribution is 5.58. The minimum absolute atomic E-state index is 0.250. The van der Waals surface area contributed by atoms with E-state index in [9.17, 15) is 5.11 Å². The van der Waals surface area contributed by atoms with Gasteiger partial charge in [0, 0.05) is 17.5 Å². The Balaban J connectivity index is 1.88. The van der Waals surface area contributed by atoms with Crippen molar-refractivity contribution in [2.45, 2.75) is 44.1 Å². The SMILES string of the molecule is Oc1cccc(-c2nnc3n2C2(CCCC2)CC3)c1. The van der Waals surface area contributed by atoms with E-state index in [4.69, 9.17) is 0 Å². The molecule has 98 valence electrons. The summed E-state index contributed by atoms with van der Waals surface area (Å²) in [6.45, 7) is 0. The zero-order valence-corrected chi connectivity index (χ0v) is 10.8. The third kappa shape index (κ3) is 1.52. The normalized spacial score (nSPS) is 20.0. The van der Waals surface area contributed by atoms with E-state index in [1.807, 2.05) is 12.1 Å². The highest BCUT2D eigenvalue weighted by atomic mass is 16.3. The number of fused-ring (bicyclic) bond motifs is 2. The van der Waals surface area contributed by atoms with E-state index >= 15 is 0 Å². The van der Waals surface area contributed by atoms with Crippen LogP contribution in [0.5, 0.6) is 5.75 Å². The lowest BCUT2D eigenvalue weighted by Crippen LogP contribution is -2.26. The quantitative estimate of drug-likeness (QED) is 0.852. The fourth-order valence-corrected chi connectivity index (χ4v) is 3.77. The van der Waals surface area contributed by atoms with Crippen molar-refractivity contribution in [2.75, 3.05) is 0 Å². The molecular weight excluding hydrogens is 238 g/mol. The molecule has 1 saturated carbocycles. The van der Waals surface area contributed by atoms with Crippen molar-refractivity contribution in [3.05, 3.63) is 30.1 Å². The molecule has 2 aromatic rings. The van der Waals surface area contributed by atoms with E-state index in [0.717, 1.165) is 23.6 Å². The molecule has 2 heterocycles. The molecular formula is C15H17N3O. The largest absolute Gasteiger partial charge is 0.508 e. The van der Waals surface area contributed by atoms with Crippen LogP contribution in [-0.4, -0.2) is 19.9 Å². The van der Waals surface area contributed by atoms with E-state index in [2.05, 4.69) is 14.8 Å². The zero-order valence-electron chi connectivity index (χ0n) is 10.8.